The van der Waals surface area contributed by atoms with E-state index in [9.17, 15) is 9.90 Å². The van der Waals surface area contributed by atoms with Gasteiger partial charge >= 0.3 is 0 Å². The van der Waals surface area contributed by atoms with Crippen molar-refractivity contribution >= 4 is 40.5 Å². The number of carbonyl (C=O) groups excluding carboxylic acids is 1. The number of nitrogens with zero attached hydrogens (tertiary/aromatic N) is 4. The molecule has 0 bridgehead atoms. The highest BCUT2D eigenvalue weighted by Crippen LogP contribution is 2.31. The predicted octanol–water partition coefficient (Wildman–Crippen LogP) is 2.33. The van der Waals surface area contributed by atoms with Crippen LogP contribution in [0, 0.1) is 0 Å². The van der Waals surface area contributed by atoms with E-state index in [1.54, 1.807) is 19.1 Å². The third-order valence-corrected chi connectivity index (χ3v) is 4.60. The molecule has 3 aromatic rings. The molecule has 23 heavy (non-hydrogen) atoms. The van der Waals surface area contributed by atoms with Crippen LogP contribution in [0.2, 0.25) is 5.02 Å². The Hall–Kier alpha value is -2.12. The van der Waals surface area contributed by atoms with Crippen molar-refractivity contribution in [2.75, 3.05) is 0 Å². The zero-order valence-electron chi connectivity index (χ0n) is 12.1. The van der Waals surface area contributed by atoms with E-state index in [-0.39, 0.29) is 0 Å². The Balaban J connectivity index is 2.01. The largest absolute Gasteiger partial charge is 0.548 e. The Kier molecular flexibility index (Phi) is 4.49. The van der Waals surface area contributed by atoms with Gasteiger partial charge < -0.3 is 14.5 Å². The first-order chi connectivity index (χ1) is 11.1. The zero-order chi connectivity index (χ0) is 16.4. The van der Waals surface area contributed by atoms with E-state index in [1.807, 2.05) is 12.1 Å². The molecule has 0 spiro atoms. The Labute approximate surface area is 141 Å². The number of aromatic nitrogens is 4. The number of imidazole rings is 1. The summed E-state index contributed by atoms with van der Waals surface area (Å²) in [5.41, 5.74) is 1.04. The van der Waals surface area contributed by atoms with Crippen molar-refractivity contribution in [3.05, 3.63) is 41.9 Å². The second-order valence-electron chi connectivity index (χ2n) is 4.80. The third-order valence-electron chi connectivity index (χ3n) is 3.35. The molecule has 0 fully saturated rings. The minimum atomic E-state index is -1.16. The molecule has 1 atom stereocenters. The van der Waals surface area contributed by atoms with Gasteiger partial charge in [0.2, 0.25) is 0 Å². The number of carbonyl (C=O) groups is 1. The molecule has 0 saturated carbocycles. The molecule has 6 nitrogen and oxygen atoms in total. The Morgan fingerprint density at radius 2 is 2.04 bits per heavy atom. The van der Waals surface area contributed by atoms with Crippen LogP contribution in [0.25, 0.3) is 11.2 Å². The van der Waals surface area contributed by atoms with Gasteiger partial charge in [-0.25, -0.2) is 15.0 Å². The van der Waals surface area contributed by atoms with Crippen LogP contribution in [-0.2, 0) is 4.79 Å². The molecule has 0 N–H and O–H groups in total. The fourth-order valence-electron chi connectivity index (χ4n) is 2.22. The summed E-state index contributed by atoms with van der Waals surface area (Å²) in [5, 5.41) is 12.6. The van der Waals surface area contributed by atoms with Gasteiger partial charge in [-0.2, -0.15) is 0 Å². The maximum absolute atomic E-state index is 11.3. The van der Waals surface area contributed by atoms with Gasteiger partial charge in [0.1, 0.15) is 16.9 Å². The standard InChI is InChI=1S/C15H13ClN4O2S/c1-2-11(15(21)22)20-8-19-12-13(20)17-7-18-14(12)23-10-5-3-9(16)4-6-10/h3-8,11H,2H2,1H3,(H,21,22)/p-1. The number of fused-ring (bicyclic) bond motifs is 1. The van der Waals surface area contributed by atoms with Crippen molar-refractivity contribution in [1.29, 1.82) is 0 Å². The van der Waals surface area contributed by atoms with Crippen LogP contribution < -0.4 is 5.11 Å². The zero-order valence-corrected chi connectivity index (χ0v) is 13.7. The number of carboxylic acids is 1. The number of hydrogen-bond acceptors (Lipinski definition) is 6. The van der Waals surface area contributed by atoms with E-state index < -0.39 is 12.0 Å². The normalized spacial score (nSPS) is 12.4. The maximum Gasteiger partial charge on any atom is 0.165 e. The van der Waals surface area contributed by atoms with Gasteiger partial charge in [0.05, 0.1) is 18.3 Å². The molecule has 0 saturated heterocycles. The second kappa shape index (κ2) is 6.55. The van der Waals surface area contributed by atoms with Crippen LogP contribution in [0.15, 0.2) is 46.8 Å². The second-order valence-corrected chi connectivity index (χ2v) is 6.30. The molecule has 0 aliphatic carbocycles. The van der Waals surface area contributed by atoms with Crippen LogP contribution in [-0.4, -0.2) is 25.5 Å². The lowest BCUT2D eigenvalue weighted by Crippen LogP contribution is -2.32. The van der Waals surface area contributed by atoms with Crippen LogP contribution in [0.1, 0.15) is 19.4 Å². The molecule has 2 heterocycles. The van der Waals surface area contributed by atoms with E-state index in [4.69, 9.17) is 11.6 Å². The van der Waals surface area contributed by atoms with Gasteiger partial charge in [-0.3, -0.25) is 0 Å². The molecule has 0 radical (unpaired) electrons. The van der Waals surface area contributed by atoms with Gasteiger partial charge in [-0.05, 0) is 30.7 Å². The minimum absolute atomic E-state index is 0.386. The number of benzene rings is 1. The number of hydrogen-bond donors (Lipinski definition) is 0. The number of halogens is 1. The smallest absolute Gasteiger partial charge is 0.165 e. The summed E-state index contributed by atoms with van der Waals surface area (Å²) >= 11 is 7.30. The molecule has 118 valence electrons. The van der Waals surface area contributed by atoms with Gasteiger partial charge in [0.15, 0.2) is 5.65 Å². The monoisotopic (exact) mass is 347 g/mol. The van der Waals surface area contributed by atoms with Crippen LogP contribution in [0.4, 0.5) is 0 Å². The van der Waals surface area contributed by atoms with Crippen molar-refractivity contribution in [1.82, 2.24) is 19.5 Å². The lowest BCUT2D eigenvalue weighted by atomic mass is 10.2. The van der Waals surface area contributed by atoms with Gasteiger partial charge in [0.25, 0.3) is 0 Å². The Morgan fingerprint density at radius 3 is 2.70 bits per heavy atom. The van der Waals surface area contributed by atoms with Crippen LogP contribution >= 0.6 is 23.4 Å². The first-order valence-electron chi connectivity index (χ1n) is 6.92. The average molecular weight is 348 g/mol. The number of aliphatic carboxylic acids is 1. The van der Waals surface area contributed by atoms with E-state index in [1.165, 1.54) is 29.0 Å². The molecule has 8 heteroatoms. The first-order valence-corrected chi connectivity index (χ1v) is 8.11. The summed E-state index contributed by atoms with van der Waals surface area (Å²) in [5.74, 6) is -1.16. The van der Waals surface area contributed by atoms with Crippen molar-refractivity contribution in [2.24, 2.45) is 0 Å². The summed E-state index contributed by atoms with van der Waals surface area (Å²) in [4.78, 5) is 24.9. The van der Waals surface area contributed by atoms with Crippen LogP contribution in [0.5, 0.6) is 0 Å². The Morgan fingerprint density at radius 1 is 1.30 bits per heavy atom. The molecule has 0 aliphatic rings. The van der Waals surface area contributed by atoms with Crippen LogP contribution in [0.3, 0.4) is 0 Å². The molecule has 1 unspecified atom stereocenters. The third kappa shape index (κ3) is 3.16. The van der Waals surface area contributed by atoms with Gasteiger partial charge in [-0.1, -0.05) is 30.3 Å². The highest BCUT2D eigenvalue weighted by Gasteiger charge is 2.17. The predicted molar refractivity (Wildman–Crippen MR) is 85.2 cm³/mol. The molecule has 3 rings (SSSR count). The van der Waals surface area contributed by atoms with E-state index >= 15 is 0 Å². The minimum Gasteiger partial charge on any atom is -0.548 e. The van der Waals surface area contributed by atoms with Crippen molar-refractivity contribution < 1.29 is 9.90 Å². The Bertz CT molecular complexity index is 850. The molecule has 0 amide bonds. The quantitative estimate of drug-likeness (QED) is 0.659. The molecule has 0 aliphatic heterocycles. The first kappa shape index (κ1) is 15.8. The summed E-state index contributed by atoms with van der Waals surface area (Å²) in [6, 6.07) is 6.55. The van der Waals surface area contributed by atoms with Crippen molar-refractivity contribution in [2.45, 2.75) is 29.3 Å². The SMILES string of the molecule is CCC(C(=O)[O-])n1cnc2c(Sc3ccc(Cl)cc3)ncnc21. The van der Waals surface area contributed by atoms with Gasteiger partial charge in [0, 0.05) is 9.92 Å². The molecular weight excluding hydrogens is 336 g/mol. The maximum atomic E-state index is 11.3. The highest BCUT2D eigenvalue weighted by molar-refractivity contribution is 7.99. The summed E-state index contributed by atoms with van der Waals surface area (Å²) in [7, 11) is 0. The summed E-state index contributed by atoms with van der Waals surface area (Å²) < 4.78 is 1.51. The topological polar surface area (TPSA) is 83.7 Å². The average Bonchev–Trinajstić information content (AvgIpc) is 2.95. The van der Waals surface area contributed by atoms with Crippen molar-refractivity contribution in [3.8, 4) is 0 Å². The number of carboxylic acid groups (broad SMARTS) is 1. The number of rotatable bonds is 5. The molecular formula is C15H12ClN4O2S-. The van der Waals surface area contributed by atoms with E-state index in [0.717, 1.165) is 4.90 Å². The van der Waals surface area contributed by atoms with E-state index in [2.05, 4.69) is 15.0 Å². The molecule has 2 aromatic heterocycles. The lowest BCUT2D eigenvalue weighted by molar-refractivity contribution is -0.310. The highest BCUT2D eigenvalue weighted by atomic mass is 35.5. The lowest BCUT2D eigenvalue weighted by Gasteiger charge is -2.17. The molecule has 1 aromatic carbocycles. The summed E-state index contributed by atoms with van der Waals surface area (Å²) in [6.07, 6.45) is 3.26. The summed E-state index contributed by atoms with van der Waals surface area (Å²) in [6.45, 7) is 1.77. The van der Waals surface area contributed by atoms with E-state index in [0.29, 0.717) is 27.6 Å². The van der Waals surface area contributed by atoms with Crippen molar-refractivity contribution in [3.63, 3.8) is 0 Å². The fourth-order valence-corrected chi connectivity index (χ4v) is 3.19. The van der Waals surface area contributed by atoms with Gasteiger partial charge in [-0.15, -0.1) is 0 Å². The fraction of sp³-hybridized carbons (Fsp3) is 0.200.